The molecule has 0 atom stereocenters. The van der Waals surface area contributed by atoms with Gasteiger partial charge in [0.1, 0.15) is 11.5 Å². The van der Waals surface area contributed by atoms with Crippen molar-refractivity contribution in [1.82, 2.24) is 4.98 Å². The fourth-order valence-electron chi connectivity index (χ4n) is 2.01. The molecule has 1 aromatic carbocycles. The van der Waals surface area contributed by atoms with Crippen LogP contribution in [0.1, 0.15) is 10.4 Å². The van der Waals surface area contributed by atoms with Crippen molar-refractivity contribution in [3.05, 3.63) is 48.5 Å². The van der Waals surface area contributed by atoms with E-state index in [1.807, 2.05) is 0 Å². The summed E-state index contributed by atoms with van der Waals surface area (Å²) < 4.78 is 21.4. The molecular weight excluding hydrogens is 356 g/mol. The molecule has 0 unspecified atom stereocenters. The van der Waals surface area contributed by atoms with E-state index in [9.17, 15) is 14.4 Å². The number of benzene rings is 1. The van der Waals surface area contributed by atoms with Crippen molar-refractivity contribution in [2.75, 3.05) is 27.4 Å². The highest BCUT2D eigenvalue weighted by molar-refractivity contribution is 5.96. The van der Waals surface area contributed by atoms with Crippen LogP contribution in [0.25, 0.3) is 0 Å². The molecule has 9 heteroatoms. The number of hydrogen-bond acceptors (Lipinski definition) is 8. The number of ketones is 1. The second-order valence-electron chi connectivity index (χ2n) is 5.26. The number of carbonyl (C=O) groups excluding carboxylic acids is 3. The van der Waals surface area contributed by atoms with E-state index >= 15 is 0 Å². The number of carbonyl (C=O) groups is 3. The first kappa shape index (κ1) is 19.8. The second-order valence-corrected chi connectivity index (χ2v) is 5.26. The first-order valence-corrected chi connectivity index (χ1v) is 7.88. The van der Waals surface area contributed by atoms with Crippen molar-refractivity contribution >= 4 is 17.7 Å². The minimum absolute atomic E-state index is 0.0689. The molecule has 0 aliphatic rings. The number of hydrogen-bond donors (Lipinski definition) is 0. The average Bonchev–Trinajstić information content (AvgIpc) is 2.70. The van der Waals surface area contributed by atoms with Gasteiger partial charge in [-0.1, -0.05) is 0 Å². The number of aromatic nitrogens is 2. The molecule has 0 spiro atoms. The van der Waals surface area contributed by atoms with Gasteiger partial charge in [0.25, 0.3) is 0 Å². The summed E-state index contributed by atoms with van der Waals surface area (Å²) in [5.74, 6) is -0.915. The lowest BCUT2D eigenvalue weighted by Gasteiger charge is -2.10. The second kappa shape index (κ2) is 9.85. The van der Waals surface area contributed by atoms with Gasteiger partial charge >= 0.3 is 11.9 Å². The highest BCUT2D eigenvalue weighted by atomic mass is 16.6. The van der Waals surface area contributed by atoms with Crippen molar-refractivity contribution in [3.63, 3.8) is 0 Å². The highest BCUT2D eigenvalue weighted by Gasteiger charge is 2.16. The maximum atomic E-state index is 12.6. The molecule has 0 N–H and O–H groups in total. The molecule has 9 nitrogen and oxygen atoms in total. The summed E-state index contributed by atoms with van der Waals surface area (Å²) in [5.41, 5.74) is 0.293. The number of esters is 2. The van der Waals surface area contributed by atoms with Crippen LogP contribution in [0.3, 0.4) is 0 Å². The zero-order chi connectivity index (χ0) is 19.6. The number of rotatable bonds is 9. The third-order valence-corrected chi connectivity index (χ3v) is 3.39. The van der Waals surface area contributed by atoms with Gasteiger partial charge in [0, 0.05) is 11.6 Å². The molecule has 0 amide bonds. The van der Waals surface area contributed by atoms with Crippen molar-refractivity contribution < 1.29 is 37.9 Å². The van der Waals surface area contributed by atoms with Gasteiger partial charge in [-0.05, 0) is 12.1 Å². The van der Waals surface area contributed by atoms with E-state index in [0.717, 1.165) is 0 Å². The first-order valence-electron chi connectivity index (χ1n) is 7.88. The summed E-state index contributed by atoms with van der Waals surface area (Å²) in [5, 5.41) is 0. The fourth-order valence-corrected chi connectivity index (χ4v) is 2.01. The van der Waals surface area contributed by atoms with Crippen LogP contribution in [-0.2, 0) is 25.6 Å². The number of nitrogens with zero attached hydrogens (tertiary/aromatic N) is 2. The first-order chi connectivity index (χ1) is 13.0. The topological polar surface area (TPSA) is 105 Å². The number of Topliss-reactive ketones (excluding diaryl/α,β-unsaturated/α-hetero) is 1. The zero-order valence-corrected chi connectivity index (χ0v) is 14.9. The van der Waals surface area contributed by atoms with Crippen molar-refractivity contribution in [2.45, 2.75) is 6.54 Å². The minimum Gasteiger partial charge on any atom is -0.482 e. The Hall–Kier alpha value is -3.49. The fraction of sp³-hybridized carbons (Fsp3) is 0.278. The Bertz CT molecular complexity index is 770. The Labute approximate surface area is 155 Å². The van der Waals surface area contributed by atoms with Gasteiger partial charge in [0.15, 0.2) is 25.6 Å². The van der Waals surface area contributed by atoms with Crippen LogP contribution in [0.4, 0.5) is 0 Å². The number of methoxy groups -OCH3 is 2. The molecule has 2 rings (SSSR count). The van der Waals surface area contributed by atoms with E-state index < -0.39 is 11.9 Å². The predicted octanol–water partition coefficient (Wildman–Crippen LogP) is 0.356. The van der Waals surface area contributed by atoms with E-state index in [4.69, 9.17) is 9.47 Å². The lowest BCUT2D eigenvalue weighted by molar-refractivity contribution is -0.683. The van der Waals surface area contributed by atoms with Crippen LogP contribution >= 0.6 is 0 Å². The van der Waals surface area contributed by atoms with E-state index in [1.165, 1.54) is 32.4 Å². The van der Waals surface area contributed by atoms with E-state index in [1.54, 1.807) is 29.4 Å². The lowest BCUT2D eigenvalue weighted by atomic mass is 10.1. The molecule has 1 aromatic heterocycles. The van der Waals surface area contributed by atoms with Gasteiger partial charge in [0.2, 0.25) is 12.3 Å². The lowest BCUT2D eigenvalue weighted by Crippen LogP contribution is -2.37. The van der Waals surface area contributed by atoms with Gasteiger partial charge in [0.05, 0.1) is 26.6 Å². The Morgan fingerprint density at radius 2 is 1.41 bits per heavy atom. The molecule has 142 valence electrons. The molecule has 0 fully saturated rings. The summed E-state index contributed by atoms with van der Waals surface area (Å²) in [4.78, 5) is 39.0. The normalized spacial score (nSPS) is 10.0. The standard InChI is InChI=1S/C18H19N2O7/c1-24-17(22)11-26-14-7-13(8-15(9-14)27-12-18(23)25-2)16(21)10-20-5-3-19-4-6-20/h3-9H,10-12H2,1-2H3/q+1. The number of ether oxygens (including phenoxy) is 4. The molecule has 1 heterocycles. The van der Waals surface area contributed by atoms with Crippen LogP contribution in [0.5, 0.6) is 11.5 Å². The summed E-state index contributed by atoms with van der Waals surface area (Å²) in [6, 6.07) is 4.43. The Morgan fingerprint density at radius 3 is 1.89 bits per heavy atom. The third kappa shape index (κ3) is 6.38. The maximum absolute atomic E-state index is 12.6. The summed E-state index contributed by atoms with van der Waals surface area (Å²) in [6.45, 7) is -0.590. The largest absolute Gasteiger partial charge is 0.482 e. The average molecular weight is 375 g/mol. The van der Waals surface area contributed by atoms with Crippen LogP contribution in [0.15, 0.2) is 43.0 Å². The molecule has 27 heavy (non-hydrogen) atoms. The highest BCUT2D eigenvalue weighted by Crippen LogP contribution is 2.23. The van der Waals surface area contributed by atoms with Crippen LogP contribution in [-0.4, -0.2) is 50.1 Å². The Balaban J connectivity index is 2.20. The molecule has 0 aliphatic heterocycles. The van der Waals surface area contributed by atoms with Crippen LogP contribution in [0.2, 0.25) is 0 Å². The monoisotopic (exact) mass is 375 g/mol. The summed E-state index contributed by atoms with van der Waals surface area (Å²) in [6.07, 6.45) is 6.44. The van der Waals surface area contributed by atoms with Crippen molar-refractivity contribution in [1.29, 1.82) is 0 Å². The summed E-state index contributed by atoms with van der Waals surface area (Å²) in [7, 11) is 2.48. The van der Waals surface area contributed by atoms with Crippen LogP contribution < -0.4 is 14.0 Å². The van der Waals surface area contributed by atoms with E-state index in [-0.39, 0.29) is 37.0 Å². The minimum atomic E-state index is -0.573. The van der Waals surface area contributed by atoms with Gasteiger partial charge in [-0.15, -0.1) is 0 Å². The Kier molecular flexibility index (Phi) is 7.24. The van der Waals surface area contributed by atoms with Crippen LogP contribution in [0, 0.1) is 0 Å². The van der Waals surface area contributed by atoms with Crippen molar-refractivity contribution in [2.24, 2.45) is 0 Å². The molecule has 0 bridgehead atoms. The van der Waals surface area contributed by atoms with Crippen molar-refractivity contribution in [3.8, 4) is 11.5 Å². The van der Waals surface area contributed by atoms with Gasteiger partial charge in [-0.3, -0.25) is 9.78 Å². The molecular formula is C18H19N2O7+. The zero-order valence-electron chi connectivity index (χ0n) is 14.9. The smallest absolute Gasteiger partial charge is 0.343 e. The summed E-state index contributed by atoms with van der Waals surface area (Å²) >= 11 is 0. The predicted molar refractivity (Wildman–Crippen MR) is 90.2 cm³/mol. The molecule has 0 aliphatic carbocycles. The molecule has 2 aromatic rings. The van der Waals surface area contributed by atoms with E-state index in [2.05, 4.69) is 14.5 Å². The van der Waals surface area contributed by atoms with Gasteiger partial charge in [-0.25, -0.2) is 9.59 Å². The molecule has 0 saturated heterocycles. The SMILES string of the molecule is COC(=O)COc1cc(OCC(=O)OC)cc(C(=O)C[n+]2ccncc2)c1. The Morgan fingerprint density at radius 1 is 0.889 bits per heavy atom. The quantitative estimate of drug-likeness (QED) is 0.351. The van der Waals surface area contributed by atoms with Gasteiger partial charge in [-0.2, -0.15) is 4.57 Å². The molecule has 0 radical (unpaired) electrons. The van der Waals surface area contributed by atoms with E-state index in [0.29, 0.717) is 5.56 Å². The van der Waals surface area contributed by atoms with Gasteiger partial charge < -0.3 is 18.9 Å². The molecule has 0 saturated carbocycles. The maximum Gasteiger partial charge on any atom is 0.343 e. The third-order valence-electron chi connectivity index (χ3n) is 3.39.